The highest BCUT2D eigenvalue weighted by atomic mass is 19.2. The third-order valence-electron chi connectivity index (χ3n) is 10.1. The van der Waals surface area contributed by atoms with Gasteiger partial charge in [0.25, 0.3) is 0 Å². The lowest BCUT2D eigenvalue weighted by Crippen LogP contribution is -2.06. The van der Waals surface area contributed by atoms with Gasteiger partial charge < -0.3 is 15.0 Å². The van der Waals surface area contributed by atoms with Crippen LogP contribution in [0.25, 0.3) is 66.5 Å². The zero-order valence-electron chi connectivity index (χ0n) is 29.7. The zero-order chi connectivity index (χ0) is 45.0. The van der Waals surface area contributed by atoms with Crippen LogP contribution in [0.2, 0.25) is 0 Å². The summed E-state index contributed by atoms with van der Waals surface area (Å²) in [6.07, 6.45) is -1.86. The van der Waals surface area contributed by atoms with E-state index in [9.17, 15) is 53.9 Å². The van der Waals surface area contributed by atoms with E-state index in [-0.39, 0.29) is 18.9 Å². The predicted molar refractivity (Wildman–Crippen MR) is 185 cm³/mol. The molecule has 0 fully saturated rings. The Bertz CT molecular complexity index is 3250. The van der Waals surface area contributed by atoms with Gasteiger partial charge in [0, 0.05) is 33.3 Å². The lowest BCUT2D eigenvalue weighted by atomic mass is 9.97. The average Bonchev–Trinajstić information content (AvgIpc) is 4.09. The van der Waals surface area contributed by atoms with Crippen LogP contribution in [0.3, 0.4) is 0 Å². The van der Waals surface area contributed by atoms with Crippen molar-refractivity contribution in [3.05, 3.63) is 134 Å². The molecular formula is C40H13F15N4O3. The fraction of sp³-hybridized carbons (Fsp3) is 0.0500. The molecule has 22 heteroatoms. The Morgan fingerprint density at radius 2 is 0.742 bits per heavy atom. The first-order valence-electron chi connectivity index (χ1n) is 17.1. The molecule has 0 radical (unpaired) electrons. The first kappa shape index (κ1) is 41.3. The van der Waals surface area contributed by atoms with Crippen molar-refractivity contribution in [3.8, 4) is 33.4 Å². The maximum Gasteiger partial charge on any atom is 0.200 e. The van der Waals surface area contributed by atoms with Gasteiger partial charge in [-0.2, -0.15) is 0 Å². The van der Waals surface area contributed by atoms with E-state index in [1.807, 2.05) is 0 Å². The first-order chi connectivity index (χ1) is 29.4. The molecule has 1 aliphatic rings. The third-order valence-corrected chi connectivity index (χ3v) is 10.1. The van der Waals surface area contributed by atoms with Crippen molar-refractivity contribution in [1.82, 2.24) is 19.9 Å². The van der Waals surface area contributed by atoms with Crippen LogP contribution in [0.5, 0.6) is 0 Å². The lowest BCUT2D eigenvalue weighted by molar-refractivity contribution is 0.109. The molecule has 5 heterocycles. The van der Waals surface area contributed by atoms with Gasteiger partial charge in [0.2, 0.25) is 17.5 Å². The molecule has 3 N–H and O–H groups in total. The highest BCUT2D eigenvalue weighted by Crippen LogP contribution is 2.43. The van der Waals surface area contributed by atoms with E-state index in [1.54, 1.807) is 0 Å². The van der Waals surface area contributed by atoms with E-state index >= 15 is 26.3 Å². The number of nitrogens with one attached hydrogen (secondary N) is 3. The Morgan fingerprint density at radius 3 is 1.18 bits per heavy atom. The Labute approximate surface area is 331 Å². The normalized spacial score (nSPS) is 12.2. The Balaban J connectivity index is 1.75. The molecule has 8 rings (SSSR count). The number of hydrogen-bond acceptors (Lipinski definition) is 4. The van der Waals surface area contributed by atoms with E-state index < -0.39 is 195 Å². The molecule has 316 valence electrons. The number of aromatic amines is 3. The number of aldehydes is 3. The van der Waals surface area contributed by atoms with Crippen LogP contribution in [0.1, 0.15) is 42.5 Å². The summed E-state index contributed by atoms with van der Waals surface area (Å²) in [6.45, 7) is 0. The largest absolute Gasteiger partial charge is 0.354 e. The fourth-order valence-corrected chi connectivity index (χ4v) is 7.36. The summed E-state index contributed by atoms with van der Waals surface area (Å²) < 4.78 is 227. The van der Waals surface area contributed by atoms with Crippen molar-refractivity contribution >= 4 is 52.0 Å². The number of carbonyl (C=O) groups excluding carboxylic acids is 3. The van der Waals surface area contributed by atoms with E-state index in [4.69, 9.17) is 0 Å². The molecule has 0 saturated heterocycles. The summed E-state index contributed by atoms with van der Waals surface area (Å²) in [5.41, 5.74) is -17.8. The van der Waals surface area contributed by atoms with Crippen molar-refractivity contribution < 1.29 is 80.2 Å². The number of halogens is 15. The van der Waals surface area contributed by atoms with Gasteiger partial charge in [-0.15, -0.1) is 0 Å². The Morgan fingerprint density at radius 1 is 0.371 bits per heavy atom. The standard InChI is InChI=1S/C40H13F15N4O3/c41-23-20(24(42)30(48)35(53)29(23)47)17-12-1-3-14(56-12)18(21-25(43)31(49)36(54)32(50)26(21)44)38-9(6-60)5-16(58-38)39-10(7-61)11(8-62)40(59-39)19(15-4-2-13(17)57-15)22-27(45)33(51)37(55)34(52)28(22)46/h1,3,5-8,56,58-59H,2,4H2. The molecule has 0 aliphatic carbocycles. The number of nitrogens with zero attached hydrogens (tertiary/aromatic N) is 1. The van der Waals surface area contributed by atoms with E-state index in [0.717, 1.165) is 18.2 Å². The summed E-state index contributed by atoms with van der Waals surface area (Å²) in [6, 6.07) is 2.21. The smallest absolute Gasteiger partial charge is 0.200 e. The van der Waals surface area contributed by atoms with Crippen LogP contribution in [-0.4, -0.2) is 38.8 Å². The number of rotatable bonds is 6. The van der Waals surface area contributed by atoms with Gasteiger partial charge in [0.05, 0.1) is 61.3 Å². The summed E-state index contributed by atoms with van der Waals surface area (Å²) >= 11 is 0. The molecule has 1 aliphatic heterocycles. The average molecular weight is 883 g/mol. The van der Waals surface area contributed by atoms with Gasteiger partial charge in [0.1, 0.15) is 0 Å². The van der Waals surface area contributed by atoms with Crippen LogP contribution in [0.4, 0.5) is 65.9 Å². The summed E-state index contributed by atoms with van der Waals surface area (Å²) in [7, 11) is 0. The second-order valence-corrected chi connectivity index (χ2v) is 13.3. The van der Waals surface area contributed by atoms with Crippen LogP contribution in [0.15, 0.2) is 18.2 Å². The third kappa shape index (κ3) is 5.71. The second kappa shape index (κ2) is 14.7. The molecule has 0 spiro atoms. The molecular weight excluding hydrogens is 869 g/mol. The molecule has 62 heavy (non-hydrogen) atoms. The lowest BCUT2D eigenvalue weighted by Gasteiger charge is -2.11. The van der Waals surface area contributed by atoms with Gasteiger partial charge >= 0.3 is 0 Å². The predicted octanol–water partition coefficient (Wildman–Crippen LogP) is 10.8. The highest BCUT2D eigenvalue weighted by molar-refractivity contribution is 6.12. The summed E-state index contributed by atoms with van der Waals surface area (Å²) in [4.78, 5) is 49.1. The molecule has 7 nitrogen and oxygen atoms in total. The number of aryl methyl sites for hydroxylation is 2. The second-order valence-electron chi connectivity index (χ2n) is 13.3. The zero-order valence-corrected chi connectivity index (χ0v) is 29.7. The van der Waals surface area contributed by atoms with Crippen molar-refractivity contribution in [3.63, 3.8) is 0 Å². The molecule has 3 aromatic carbocycles. The van der Waals surface area contributed by atoms with Gasteiger partial charge in [-0.3, -0.25) is 19.4 Å². The van der Waals surface area contributed by atoms with Crippen LogP contribution in [0, 0.1) is 87.3 Å². The van der Waals surface area contributed by atoms with Crippen molar-refractivity contribution in [2.75, 3.05) is 0 Å². The number of carbonyl (C=O) groups is 3. The van der Waals surface area contributed by atoms with Gasteiger partial charge in [-0.05, 0) is 31.0 Å². The number of aromatic nitrogens is 4. The molecule has 7 aromatic rings. The van der Waals surface area contributed by atoms with E-state index in [0.29, 0.717) is 0 Å². The minimum absolute atomic E-state index is 0.0665. The summed E-state index contributed by atoms with van der Waals surface area (Å²) in [5, 5.41) is 0. The van der Waals surface area contributed by atoms with Gasteiger partial charge in [0.15, 0.2) is 88.7 Å². The number of hydrogen-bond donors (Lipinski definition) is 3. The Kier molecular flexibility index (Phi) is 9.78. The van der Waals surface area contributed by atoms with Crippen molar-refractivity contribution in [1.29, 1.82) is 0 Å². The maximum absolute atomic E-state index is 15.8. The van der Waals surface area contributed by atoms with E-state index in [2.05, 4.69) is 19.9 Å². The Hall–Kier alpha value is -7.39. The molecule has 0 unspecified atom stereocenters. The SMILES string of the molecule is O=Cc1cc2[nH]c1c(-c1c(F)c(F)c(F)c(F)c1F)c1ccc([nH]1)c(-c1c(F)c(F)c(F)c(F)c1F)c1nc(c(-c3c(F)c(F)c(F)c(F)c3F)c3[nH]c2c(C=O)c3C=O)CC1. The van der Waals surface area contributed by atoms with Crippen LogP contribution >= 0.6 is 0 Å². The highest BCUT2D eigenvalue weighted by Gasteiger charge is 2.35. The van der Waals surface area contributed by atoms with Gasteiger partial charge in [-0.25, -0.2) is 65.9 Å². The maximum atomic E-state index is 15.8. The molecule has 0 amide bonds. The molecule has 4 aromatic heterocycles. The monoisotopic (exact) mass is 882 g/mol. The van der Waals surface area contributed by atoms with Gasteiger partial charge in [-0.1, -0.05) is 0 Å². The first-order valence-corrected chi connectivity index (χ1v) is 17.1. The number of fused-ring (bicyclic) bond motifs is 9. The molecule has 0 atom stereocenters. The summed E-state index contributed by atoms with van der Waals surface area (Å²) in [5.74, 6) is -38.6. The molecule has 0 saturated carbocycles. The van der Waals surface area contributed by atoms with E-state index in [1.165, 1.54) is 0 Å². The van der Waals surface area contributed by atoms with Crippen molar-refractivity contribution in [2.45, 2.75) is 12.8 Å². The number of H-pyrrole nitrogens is 3. The topological polar surface area (TPSA) is 111 Å². The molecule has 8 bridgehead atoms. The minimum Gasteiger partial charge on any atom is -0.354 e. The fourth-order valence-electron chi connectivity index (χ4n) is 7.36. The number of benzene rings is 3. The van der Waals surface area contributed by atoms with Crippen molar-refractivity contribution in [2.24, 2.45) is 0 Å². The quantitative estimate of drug-likeness (QED) is 0.0668. The van der Waals surface area contributed by atoms with Crippen LogP contribution < -0.4 is 0 Å². The minimum atomic E-state index is -2.67. The van der Waals surface area contributed by atoms with Crippen LogP contribution in [-0.2, 0) is 12.8 Å².